The molecule has 0 unspecified atom stereocenters. The van der Waals surface area contributed by atoms with E-state index in [1.807, 2.05) is 58.0 Å². The van der Waals surface area contributed by atoms with Crippen molar-refractivity contribution in [3.8, 4) is 11.8 Å². The molecule has 1 aromatic carbocycles. The summed E-state index contributed by atoms with van der Waals surface area (Å²) >= 11 is 0. The Bertz CT molecular complexity index is 713. The summed E-state index contributed by atoms with van der Waals surface area (Å²) in [6.45, 7) is 7.69. The smallest absolute Gasteiger partial charge is 0.408 e. The first kappa shape index (κ1) is 20.8. The Morgan fingerprint density at radius 2 is 1.93 bits per heavy atom. The number of ether oxygens (including phenoxy) is 1. The van der Waals surface area contributed by atoms with Crippen molar-refractivity contribution in [1.82, 2.24) is 10.6 Å². The zero-order chi connectivity index (χ0) is 19.9. The molecular weight excluding hydrogens is 340 g/mol. The highest BCUT2D eigenvalue weighted by Crippen LogP contribution is 2.34. The number of benzene rings is 1. The van der Waals surface area contributed by atoms with E-state index in [-0.39, 0.29) is 18.4 Å². The standard InChI is InChI=1S/C22H30N2O3/c1-21(2,3)27-20(26)24-22(4)15-9-8-14-18(22)19(25)23-16-10-13-17-11-6-5-7-12-17/h5-7,11-12,18H,8-9,14-16H2,1-4H3,(H,23,25)(H,24,26)/t18-,22-/m0/s1. The first-order valence-electron chi connectivity index (χ1n) is 9.52. The predicted molar refractivity (Wildman–Crippen MR) is 106 cm³/mol. The van der Waals surface area contributed by atoms with Crippen LogP contribution in [0.25, 0.3) is 0 Å². The third-order valence-electron chi connectivity index (χ3n) is 4.67. The molecule has 1 saturated carbocycles. The molecule has 1 aromatic rings. The molecule has 2 N–H and O–H groups in total. The molecule has 1 fully saturated rings. The Hall–Kier alpha value is -2.48. The SMILES string of the molecule is CC(C)(C)OC(=O)N[C@@]1(C)CCCC[C@H]1C(=O)NCC#Cc1ccccc1. The molecule has 0 bridgehead atoms. The number of amides is 2. The van der Waals surface area contributed by atoms with Gasteiger partial charge in [-0.15, -0.1) is 0 Å². The monoisotopic (exact) mass is 370 g/mol. The van der Waals surface area contributed by atoms with Crippen LogP contribution >= 0.6 is 0 Å². The minimum Gasteiger partial charge on any atom is -0.444 e. The van der Waals surface area contributed by atoms with E-state index in [9.17, 15) is 9.59 Å². The van der Waals surface area contributed by atoms with Gasteiger partial charge in [-0.3, -0.25) is 4.79 Å². The van der Waals surface area contributed by atoms with Crippen molar-refractivity contribution in [1.29, 1.82) is 0 Å². The van der Waals surface area contributed by atoms with E-state index in [0.717, 1.165) is 31.2 Å². The topological polar surface area (TPSA) is 67.4 Å². The normalized spacial score (nSPS) is 22.1. The summed E-state index contributed by atoms with van der Waals surface area (Å²) in [6, 6.07) is 9.65. The molecule has 146 valence electrons. The number of nitrogens with one attached hydrogen (secondary N) is 2. The van der Waals surface area contributed by atoms with Crippen molar-refractivity contribution < 1.29 is 14.3 Å². The maximum absolute atomic E-state index is 12.7. The number of hydrogen-bond donors (Lipinski definition) is 2. The molecular formula is C22H30N2O3. The average molecular weight is 370 g/mol. The maximum Gasteiger partial charge on any atom is 0.408 e. The van der Waals surface area contributed by atoms with Gasteiger partial charge in [0.1, 0.15) is 5.60 Å². The van der Waals surface area contributed by atoms with E-state index in [1.54, 1.807) is 0 Å². The summed E-state index contributed by atoms with van der Waals surface area (Å²) in [5.41, 5.74) is -0.266. The highest BCUT2D eigenvalue weighted by molar-refractivity contribution is 5.81. The predicted octanol–water partition coefficient (Wildman–Crippen LogP) is 3.63. The van der Waals surface area contributed by atoms with Crippen LogP contribution in [-0.2, 0) is 9.53 Å². The third-order valence-corrected chi connectivity index (χ3v) is 4.67. The van der Waals surface area contributed by atoms with E-state index in [1.165, 1.54) is 0 Å². The maximum atomic E-state index is 12.7. The number of carbonyl (C=O) groups excluding carboxylic acids is 2. The van der Waals surface area contributed by atoms with Gasteiger partial charge in [-0.1, -0.05) is 42.9 Å². The van der Waals surface area contributed by atoms with Crippen LogP contribution < -0.4 is 10.6 Å². The fourth-order valence-electron chi connectivity index (χ4n) is 3.36. The zero-order valence-electron chi connectivity index (χ0n) is 16.7. The largest absolute Gasteiger partial charge is 0.444 e. The minimum atomic E-state index is -0.614. The van der Waals surface area contributed by atoms with Gasteiger partial charge in [-0.05, 0) is 52.7 Å². The molecule has 0 aliphatic heterocycles. The molecule has 0 aromatic heterocycles. The summed E-state index contributed by atoms with van der Waals surface area (Å²) < 4.78 is 5.38. The molecule has 1 aliphatic carbocycles. The van der Waals surface area contributed by atoms with Crippen LogP contribution in [0.1, 0.15) is 58.9 Å². The molecule has 1 aliphatic rings. The first-order valence-corrected chi connectivity index (χ1v) is 9.52. The number of alkyl carbamates (subject to hydrolysis) is 1. The highest BCUT2D eigenvalue weighted by atomic mass is 16.6. The van der Waals surface area contributed by atoms with Crippen molar-refractivity contribution in [3.05, 3.63) is 35.9 Å². The Labute approximate surface area is 162 Å². The van der Waals surface area contributed by atoms with Crippen LogP contribution in [0.3, 0.4) is 0 Å². The van der Waals surface area contributed by atoms with Crippen LogP contribution in [0.4, 0.5) is 4.79 Å². The lowest BCUT2D eigenvalue weighted by Crippen LogP contribution is -2.58. The van der Waals surface area contributed by atoms with Crippen molar-refractivity contribution in [2.24, 2.45) is 5.92 Å². The molecule has 5 nitrogen and oxygen atoms in total. The molecule has 2 rings (SSSR count). The first-order chi connectivity index (χ1) is 12.7. The van der Waals surface area contributed by atoms with Crippen molar-refractivity contribution in [2.45, 2.75) is 64.5 Å². The zero-order valence-corrected chi connectivity index (χ0v) is 16.7. The Morgan fingerprint density at radius 1 is 1.22 bits per heavy atom. The molecule has 5 heteroatoms. The molecule has 2 amide bonds. The lowest BCUT2D eigenvalue weighted by atomic mass is 9.73. The van der Waals surface area contributed by atoms with Crippen molar-refractivity contribution in [2.75, 3.05) is 6.54 Å². The van der Waals surface area contributed by atoms with Gasteiger partial charge in [0, 0.05) is 5.56 Å². The van der Waals surface area contributed by atoms with Gasteiger partial charge >= 0.3 is 6.09 Å². The fraction of sp³-hybridized carbons (Fsp3) is 0.545. The Balaban J connectivity index is 1.95. The summed E-state index contributed by atoms with van der Waals surface area (Å²) in [5.74, 6) is 5.64. The molecule has 2 atom stereocenters. The lowest BCUT2D eigenvalue weighted by molar-refractivity contribution is -0.128. The Kier molecular flexibility index (Phi) is 6.90. The summed E-state index contributed by atoms with van der Waals surface area (Å²) in [5, 5.41) is 5.84. The van der Waals surface area contributed by atoms with Crippen LogP contribution in [0.2, 0.25) is 0 Å². The number of carbonyl (C=O) groups is 2. The number of rotatable bonds is 3. The van der Waals surface area contributed by atoms with E-state index in [2.05, 4.69) is 22.5 Å². The second-order valence-corrected chi connectivity index (χ2v) is 8.23. The molecule has 27 heavy (non-hydrogen) atoms. The molecule has 0 saturated heterocycles. The van der Waals surface area contributed by atoms with Crippen molar-refractivity contribution >= 4 is 12.0 Å². The van der Waals surface area contributed by atoms with Crippen molar-refractivity contribution in [3.63, 3.8) is 0 Å². The third kappa shape index (κ3) is 6.63. The van der Waals surface area contributed by atoms with Gasteiger partial charge in [0.2, 0.25) is 5.91 Å². The Morgan fingerprint density at radius 3 is 2.59 bits per heavy atom. The number of hydrogen-bond acceptors (Lipinski definition) is 3. The van der Waals surface area contributed by atoms with Crippen LogP contribution in [-0.4, -0.2) is 29.7 Å². The van der Waals surface area contributed by atoms with Gasteiger partial charge in [0.15, 0.2) is 0 Å². The summed E-state index contributed by atoms with van der Waals surface area (Å²) in [4.78, 5) is 25.0. The van der Waals surface area contributed by atoms with Crippen LogP contribution in [0, 0.1) is 17.8 Å². The second-order valence-electron chi connectivity index (χ2n) is 8.23. The molecule has 0 radical (unpaired) electrons. The van der Waals surface area contributed by atoms with Gasteiger partial charge < -0.3 is 15.4 Å². The van der Waals surface area contributed by atoms with Crippen LogP contribution in [0.5, 0.6) is 0 Å². The van der Waals surface area contributed by atoms with Gasteiger partial charge in [0.05, 0.1) is 18.0 Å². The van der Waals surface area contributed by atoms with Gasteiger partial charge in [-0.2, -0.15) is 0 Å². The molecule has 0 heterocycles. The second kappa shape index (κ2) is 8.94. The fourth-order valence-corrected chi connectivity index (χ4v) is 3.36. The van der Waals surface area contributed by atoms with Gasteiger partial charge in [-0.25, -0.2) is 4.79 Å². The van der Waals surface area contributed by atoms with E-state index in [4.69, 9.17) is 4.74 Å². The summed E-state index contributed by atoms with van der Waals surface area (Å²) in [6.07, 6.45) is 2.96. The highest BCUT2D eigenvalue weighted by Gasteiger charge is 2.42. The molecule has 0 spiro atoms. The van der Waals surface area contributed by atoms with E-state index < -0.39 is 17.2 Å². The van der Waals surface area contributed by atoms with E-state index in [0.29, 0.717) is 0 Å². The average Bonchev–Trinajstić information content (AvgIpc) is 2.57. The minimum absolute atomic E-state index is 0.0735. The van der Waals surface area contributed by atoms with E-state index >= 15 is 0 Å². The summed E-state index contributed by atoms with van der Waals surface area (Å²) in [7, 11) is 0. The van der Waals surface area contributed by atoms with Crippen LogP contribution in [0.15, 0.2) is 30.3 Å². The lowest BCUT2D eigenvalue weighted by Gasteiger charge is -2.41. The van der Waals surface area contributed by atoms with Gasteiger partial charge in [0.25, 0.3) is 0 Å². The quantitative estimate of drug-likeness (QED) is 0.799.